The van der Waals surface area contributed by atoms with Crippen molar-refractivity contribution >= 4 is 41.7 Å². The van der Waals surface area contributed by atoms with E-state index in [0.29, 0.717) is 5.46 Å². The molecule has 8 heteroatoms. The number of nitrogens with zero attached hydrogens (tertiary/aromatic N) is 2. The molecule has 1 aromatic heterocycles. The lowest BCUT2D eigenvalue weighted by atomic mass is 9.80. The lowest BCUT2D eigenvalue weighted by molar-refractivity contribution is -0.121. The number of halogens is 1. The van der Waals surface area contributed by atoms with E-state index in [9.17, 15) is 9.59 Å². The third-order valence-electron chi connectivity index (χ3n) is 4.66. The summed E-state index contributed by atoms with van der Waals surface area (Å²) in [5.41, 5.74) is -0.0741. The molecule has 0 aromatic carbocycles. The highest BCUT2D eigenvalue weighted by molar-refractivity contribution is 6.62. The summed E-state index contributed by atoms with van der Waals surface area (Å²) in [5.74, 6) is -0.547. The van der Waals surface area contributed by atoms with Crippen molar-refractivity contribution in [3.05, 3.63) is 17.4 Å². The number of carbonyl (C=O) groups is 2. The van der Waals surface area contributed by atoms with Crippen LogP contribution in [-0.2, 0) is 18.9 Å². The van der Waals surface area contributed by atoms with E-state index >= 15 is 0 Å². The van der Waals surface area contributed by atoms with E-state index in [-0.39, 0.29) is 35.5 Å². The molecule has 2 fully saturated rings. The Balaban J connectivity index is 1.96. The molecule has 1 aromatic rings. The molecule has 0 unspecified atom stereocenters. The van der Waals surface area contributed by atoms with Crippen LogP contribution in [0.2, 0.25) is 5.15 Å². The molecule has 2 saturated heterocycles. The van der Waals surface area contributed by atoms with Crippen LogP contribution in [0.4, 0.5) is 5.69 Å². The van der Waals surface area contributed by atoms with Crippen molar-refractivity contribution in [3.8, 4) is 0 Å². The van der Waals surface area contributed by atoms with Crippen LogP contribution in [0.25, 0.3) is 0 Å². The average Bonchev–Trinajstić information content (AvgIpc) is 2.88. The van der Waals surface area contributed by atoms with Crippen LogP contribution >= 0.6 is 11.6 Å². The second-order valence-corrected chi connectivity index (χ2v) is 7.15. The first-order valence-corrected chi connectivity index (χ1v) is 7.87. The minimum atomic E-state index is -0.628. The first-order valence-electron chi connectivity index (χ1n) is 7.49. The van der Waals surface area contributed by atoms with Gasteiger partial charge < -0.3 is 9.31 Å². The Bertz CT molecular complexity index is 660. The molecular formula is C15H18BClN2O4. The maximum absolute atomic E-state index is 11.9. The highest BCUT2D eigenvalue weighted by Gasteiger charge is 2.52. The van der Waals surface area contributed by atoms with Gasteiger partial charge in [-0.15, -0.1) is 0 Å². The summed E-state index contributed by atoms with van der Waals surface area (Å²) in [6.07, 6.45) is 1.92. The summed E-state index contributed by atoms with van der Waals surface area (Å²) in [7, 11) is -0.628. The zero-order valence-corrected chi connectivity index (χ0v) is 14.3. The molecule has 0 saturated carbocycles. The number of pyridine rings is 1. The van der Waals surface area contributed by atoms with Crippen molar-refractivity contribution in [3.63, 3.8) is 0 Å². The van der Waals surface area contributed by atoms with Crippen LogP contribution in [0.15, 0.2) is 12.3 Å². The Kier molecular flexibility index (Phi) is 3.78. The molecule has 122 valence electrons. The Morgan fingerprint density at radius 3 is 2.17 bits per heavy atom. The zero-order valence-electron chi connectivity index (χ0n) is 13.6. The Morgan fingerprint density at radius 2 is 1.65 bits per heavy atom. The summed E-state index contributed by atoms with van der Waals surface area (Å²) in [6, 6.07) is 1.64. The number of hydrogen-bond donors (Lipinski definition) is 0. The van der Waals surface area contributed by atoms with Gasteiger partial charge in [-0.3, -0.25) is 9.59 Å². The normalized spacial score (nSPS) is 23.0. The highest BCUT2D eigenvalue weighted by atomic mass is 35.5. The summed E-state index contributed by atoms with van der Waals surface area (Å²) in [6.45, 7) is 7.80. The molecule has 23 heavy (non-hydrogen) atoms. The van der Waals surface area contributed by atoms with Gasteiger partial charge in [-0.2, -0.15) is 0 Å². The van der Waals surface area contributed by atoms with Crippen LogP contribution in [-0.4, -0.2) is 35.1 Å². The smallest absolute Gasteiger partial charge is 0.399 e. The highest BCUT2D eigenvalue weighted by Crippen LogP contribution is 2.37. The van der Waals surface area contributed by atoms with Crippen LogP contribution in [0.3, 0.4) is 0 Å². The zero-order chi connectivity index (χ0) is 17.0. The topological polar surface area (TPSA) is 68.7 Å². The number of amides is 2. The minimum absolute atomic E-state index is 0.105. The number of carbonyl (C=O) groups excluding carboxylic acids is 2. The maximum atomic E-state index is 11.9. The monoisotopic (exact) mass is 336 g/mol. The molecule has 0 atom stereocenters. The lowest BCUT2D eigenvalue weighted by Crippen LogP contribution is -2.41. The fourth-order valence-electron chi connectivity index (χ4n) is 2.56. The van der Waals surface area contributed by atoms with Gasteiger partial charge in [-0.25, -0.2) is 9.88 Å². The van der Waals surface area contributed by atoms with Crippen molar-refractivity contribution in [2.75, 3.05) is 4.90 Å². The van der Waals surface area contributed by atoms with Crippen LogP contribution in [0.1, 0.15) is 40.5 Å². The largest absolute Gasteiger partial charge is 0.496 e. The number of hydrogen-bond acceptors (Lipinski definition) is 5. The van der Waals surface area contributed by atoms with Crippen molar-refractivity contribution in [1.82, 2.24) is 4.98 Å². The van der Waals surface area contributed by atoms with Gasteiger partial charge >= 0.3 is 7.12 Å². The van der Waals surface area contributed by atoms with E-state index in [1.807, 2.05) is 27.7 Å². The summed E-state index contributed by atoms with van der Waals surface area (Å²) in [4.78, 5) is 29.0. The van der Waals surface area contributed by atoms with Crippen LogP contribution in [0, 0.1) is 0 Å². The molecule has 0 spiro atoms. The maximum Gasteiger partial charge on any atom is 0.496 e. The molecule has 0 bridgehead atoms. The van der Waals surface area contributed by atoms with E-state index in [4.69, 9.17) is 20.9 Å². The number of anilines is 1. The van der Waals surface area contributed by atoms with Crippen LogP contribution in [0.5, 0.6) is 0 Å². The third kappa shape index (κ3) is 2.67. The van der Waals surface area contributed by atoms with Gasteiger partial charge in [0, 0.05) is 24.5 Å². The van der Waals surface area contributed by atoms with Crippen molar-refractivity contribution < 1.29 is 18.9 Å². The minimum Gasteiger partial charge on any atom is -0.399 e. The molecule has 0 N–H and O–H groups in total. The van der Waals surface area contributed by atoms with E-state index < -0.39 is 18.3 Å². The predicted molar refractivity (Wildman–Crippen MR) is 86.7 cm³/mol. The van der Waals surface area contributed by atoms with E-state index in [2.05, 4.69) is 4.98 Å². The second-order valence-electron chi connectivity index (χ2n) is 6.79. The molecule has 3 heterocycles. The van der Waals surface area contributed by atoms with Gasteiger partial charge in [0.05, 0.1) is 16.9 Å². The van der Waals surface area contributed by atoms with Crippen LogP contribution < -0.4 is 10.4 Å². The fraction of sp³-hybridized carbons (Fsp3) is 0.533. The van der Waals surface area contributed by atoms with Crippen molar-refractivity contribution in [2.45, 2.75) is 51.7 Å². The Labute approximate surface area is 140 Å². The molecule has 2 aliphatic heterocycles. The third-order valence-corrected chi connectivity index (χ3v) is 4.95. The van der Waals surface area contributed by atoms with Gasteiger partial charge in [-0.1, -0.05) is 11.6 Å². The van der Waals surface area contributed by atoms with Gasteiger partial charge in [0.15, 0.2) is 5.15 Å². The molecule has 6 nitrogen and oxygen atoms in total. The molecule has 3 rings (SSSR count). The second kappa shape index (κ2) is 5.29. The Hall–Kier alpha value is -1.44. The standard InChI is InChI=1S/C15H18BClN2O4/c1-14(2)15(3,4)23-16(22-14)9-7-10(13(17)18-8-9)19-11(20)5-6-12(19)21/h7-8H,5-6H2,1-4H3. The van der Waals surface area contributed by atoms with E-state index in [0.717, 1.165) is 4.90 Å². The summed E-state index contributed by atoms with van der Waals surface area (Å²) < 4.78 is 11.9. The summed E-state index contributed by atoms with van der Waals surface area (Å²) >= 11 is 6.09. The van der Waals surface area contributed by atoms with Gasteiger partial charge in [0.1, 0.15) is 0 Å². The van der Waals surface area contributed by atoms with Gasteiger partial charge in [0.25, 0.3) is 0 Å². The Morgan fingerprint density at radius 1 is 1.13 bits per heavy atom. The SMILES string of the molecule is CC1(C)OB(c2cnc(Cl)c(N3C(=O)CCC3=O)c2)OC1(C)C. The number of imide groups is 1. The number of aromatic nitrogens is 1. The molecule has 2 amide bonds. The van der Waals surface area contributed by atoms with Gasteiger partial charge in [-0.05, 0) is 33.8 Å². The first-order chi connectivity index (χ1) is 10.6. The average molecular weight is 337 g/mol. The molecule has 0 aliphatic carbocycles. The predicted octanol–water partition coefficient (Wildman–Crippen LogP) is 1.69. The fourth-order valence-corrected chi connectivity index (χ4v) is 2.75. The number of rotatable bonds is 2. The van der Waals surface area contributed by atoms with E-state index in [1.165, 1.54) is 0 Å². The summed E-state index contributed by atoms with van der Waals surface area (Å²) in [5, 5.41) is 0.105. The van der Waals surface area contributed by atoms with E-state index in [1.54, 1.807) is 12.3 Å². The van der Waals surface area contributed by atoms with Gasteiger partial charge in [0.2, 0.25) is 11.8 Å². The molecule has 0 radical (unpaired) electrons. The lowest BCUT2D eigenvalue weighted by Gasteiger charge is -2.32. The van der Waals surface area contributed by atoms with Crippen molar-refractivity contribution in [2.24, 2.45) is 0 Å². The quantitative estimate of drug-likeness (QED) is 0.467. The molecule has 2 aliphatic rings. The molecular weight excluding hydrogens is 318 g/mol. The van der Waals surface area contributed by atoms with Crippen molar-refractivity contribution in [1.29, 1.82) is 0 Å². The first kappa shape index (κ1) is 16.4.